The van der Waals surface area contributed by atoms with Crippen molar-refractivity contribution in [1.82, 2.24) is 0 Å². The maximum Gasteiger partial charge on any atom is 0.0882 e. The Morgan fingerprint density at radius 1 is 1.53 bits per heavy atom. The number of hydrogen-bond donors (Lipinski definition) is 3. The molecule has 1 aliphatic carbocycles. The third kappa shape index (κ3) is 2.82. The molecule has 1 unspecified atom stereocenters. The van der Waals surface area contributed by atoms with Crippen LogP contribution in [0, 0.1) is 16.7 Å². The molecule has 4 heteroatoms. The Morgan fingerprint density at radius 2 is 2.20 bits per heavy atom. The van der Waals surface area contributed by atoms with Crippen molar-refractivity contribution < 1.29 is 0 Å². The smallest absolute Gasteiger partial charge is 0.0882 e. The van der Waals surface area contributed by atoms with Crippen LogP contribution in [0.3, 0.4) is 0 Å². The number of aliphatic imine (C=N–C) groups is 1. The van der Waals surface area contributed by atoms with E-state index in [9.17, 15) is 0 Å². The second-order valence-electron chi connectivity index (χ2n) is 3.13. The van der Waals surface area contributed by atoms with E-state index in [0.717, 1.165) is 0 Å². The van der Waals surface area contributed by atoms with Gasteiger partial charge in [0, 0.05) is 24.4 Å². The van der Waals surface area contributed by atoms with Crippen LogP contribution in [0.2, 0.25) is 0 Å². The fraction of sp³-hybridized carbons (Fsp3) is 0.182. The molecule has 0 aromatic carbocycles. The van der Waals surface area contributed by atoms with Gasteiger partial charge in [0.05, 0.1) is 11.4 Å². The highest BCUT2D eigenvalue weighted by Gasteiger charge is 2.09. The summed E-state index contributed by atoms with van der Waals surface area (Å²) < 4.78 is 0. The average Bonchev–Trinajstić information content (AvgIpc) is 2.23. The molecular weight excluding hydrogens is 188 g/mol. The maximum absolute atomic E-state index is 7.60. The van der Waals surface area contributed by atoms with Crippen molar-refractivity contribution in [2.24, 2.45) is 16.6 Å². The molecule has 0 radical (unpaired) electrons. The van der Waals surface area contributed by atoms with E-state index < -0.39 is 0 Å². The van der Waals surface area contributed by atoms with Gasteiger partial charge in [-0.3, -0.25) is 10.4 Å². The van der Waals surface area contributed by atoms with Gasteiger partial charge in [-0.25, -0.2) is 0 Å². The summed E-state index contributed by atoms with van der Waals surface area (Å²) in [4.78, 5) is 4.19. The van der Waals surface area contributed by atoms with Crippen LogP contribution in [-0.4, -0.2) is 24.2 Å². The quantitative estimate of drug-likeness (QED) is 0.466. The summed E-state index contributed by atoms with van der Waals surface area (Å²) in [5.74, 6) is -0.246. The van der Waals surface area contributed by atoms with E-state index in [2.05, 4.69) is 11.6 Å². The Balaban J connectivity index is 2.83. The molecule has 78 valence electrons. The van der Waals surface area contributed by atoms with Crippen molar-refractivity contribution in [2.75, 3.05) is 6.54 Å². The van der Waals surface area contributed by atoms with E-state index in [4.69, 9.17) is 16.6 Å². The first-order chi connectivity index (χ1) is 7.19. The first kappa shape index (κ1) is 11.3. The molecular formula is C11H14N4. The lowest BCUT2D eigenvalue weighted by Gasteiger charge is -2.10. The van der Waals surface area contributed by atoms with Gasteiger partial charge in [-0.15, -0.1) is 0 Å². The molecule has 0 aromatic rings. The van der Waals surface area contributed by atoms with Crippen molar-refractivity contribution in [3.63, 3.8) is 0 Å². The fourth-order valence-electron chi connectivity index (χ4n) is 1.11. The third-order valence-electron chi connectivity index (χ3n) is 2.05. The highest BCUT2D eigenvalue weighted by atomic mass is 14.8. The first-order valence-corrected chi connectivity index (χ1v) is 4.61. The minimum absolute atomic E-state index is 0.246. The fourth-order valence-corrected chi connectivity index (χ4v) is 1.11. The summed E-state index contributed by atoms with van der Waals surface area (Å²) in [6, 6.07) is 0. The van der Waals surface area contributed by atoms with Gasteiger partial charge in [-0.05, 0) is 12.2 Å². The molecule has 0 spiro atoms. The van der Waals surface area contributed by atoms with Crippen molar-refractivity contribution in [1.29, 1.82) is 10.8 Å². The van der Waals surface area contributed by atoms with Crippen molar-refractivity contribution in [3.8, 4) is 0 Å². The molecule has 0 saturated carbocycles. The molecule has 1 aliphatic rings. The summed E-state index contributed by atoms with van der Waals surface area (Å²) in [5, 5.41) is 14.7. The van der Waals surface area contributed by atoms with E-state index in [1.54, 1.807) is 18.2 Å². The lowest BCUT2D eigenvalue weighted by molar-refractivity contribution is 0.815. The molecule has 0 aliphatic heterocycles. The van der Waals surface area contributed by atoms with E-state index in [1.807, 2.05) is 6.08 Å². The highest BCUT2D eigenvalue weighted by molar-refractivity contribution is 6.50. The molecule has 0 amide bonds. The van der Waals surface area contributed by atoms with Crippen LogP contribution < -0.4 is 5.73 Å². The molecule has 0 bridgehead atoms. The molecule has 1 atom stereocenters. The summed E-state index contributed by atoms with van der Waals surface area (Å²) >= 11 is 0. The predicted octanol–water partition coefficient (Wildman–Crippen LogP) is 1.31. The second-order valence-corrected chi connectivity index (χ2v) is 3.13. The van der Waals surface area contributed by atoms with E-state index in [1.165, 1.54) is 6.21 Å². The molecule has 15 heavy (non-hydrogen) atoms. The molecule has 4 nitrogen and oxygen atoms in total. The Morgan fingerprint density at radius 3 is 2.73 bits per heavy atom. The van der Waals surface area contributed by atoms with Gasteiger partial charge in [-0.2, -0.15) is 0 Å². The van der Waals surface area contributed by atoms with Crippen LogP contribution in [0.1, 0.15) is 0 Å². The van der Waals surface area contributed by atoms with Crippen LogP contribution in [0.25, 0.3) is 0 Å². The molecule has 0 heterocycles. The number of nitrogens with zero attached hydrogens (tertiary/aromatic N) is 1. The van der Waals surface area contributed by atoms with Gasteiger partial charge in [0.15, 0.2) is 0 Å². The van der Waals surface area contributed by atoms with Gasteiger partial charge < -0.3 is 11.1 Å². The van der Waals surface area contributed by atoms with Gasteiger partial charge >= 0.3 is 0 Å². The van der Waals surface area contributed by atoms with Crippen LogP contribution in [0.15, 0.2) is 41.6 Å². The Bertz CT molecular complexity index is 374. The lowest BCUT2D eigenvalue weighted by Crippen LogP contribution is -2.18. The molecule has 1 rings (SSSR count). The number of hydrogen-bond acceptors (Lipinski definition) is 4. The molecule has 0 saturated heterocycles. The van der Waals surface area contributed by atoms with Crippen LogP contribution >= 0.6 is 0 Å². The summed E-state index contributed by atoms with van der Waals surface area (Å²) in [6.45, 7) is 4.06. The normalized spacial score (nSPS) is 19.3. The van der Waals surface area contributed by atoms with Crippen LogP contribution in [0.5, 0.6) is 0 Å². The Labute approximate surface area is 88.9 Å². The van der Waals surface area contributed by atoms with E-state index in [0.29, 0.717) is 23.7 Å². The van der Waals surface area contributed by atoms with E-state index in [-0.39, 0.29) is 5.92 Å². The largest absolute Gasteiger partial charge is 0.329 e. The minimum Gasteiger partial charge on any atom is -0.329 e. The van der Waals surface area contributed by atoms with Gasteiger partial charge in [-0.1, -0.05) is 18.7 Å². The monoisotopic (exact) mass is 202 g/mol. The topological polar surface area (TPSA) is 86.1 Å². The lowest BCUT2D eigenvalue weighted by atomic mass is 10.1. The number of allylic oxidation sites excluding steroid dienone is 4. The standard InChI is InChI=1S/C11H14N4/c1-8(9(6-12)7-13)15-11-5-3-2-4-10(11)14/h2-6,9,12,14H,1,7,13H2. The van der Waals surface area contributed by atoms with Crippen molar-refractivity contribution >= 4 is 17.6 Å². The SMILES string of the molecule is C=C(N=C1C=CC=CC1=N)C(C=N)CN. The summed E-state index contributed by atoms with van der Waals surface area (Å²) in [7, 11) is 0. The maximum atomic E-state index is 7.60. The Kier molecular flexibility index (Phi) is 3.88. The zero-order valence-electron chi connectivity index (χ0n) is 8.40. The number of nitrogens with one attached hydrogen (secondary N) is 2. The van der Waals surface area contributed by atoms with Crippen LogP contribution in [-0.2, 0) is 0 Å². The minimum atomic E-state index is -0.246. The zero-order chi connectivity index (χ0) is 11.3. The summed E-state index contributed by atoms with van der Waals surface area (Å²) in [6.07, 6.45) is 8.21. The van der Waals surface area contributed by atoms with Crippen molar-refractivity contribution in [2.45, 2.75) is 0 Å². The molecule has 0 fully saturated rings. The number of nitrogens with two attached hydrogens (primary N) is 1. The second kappa shape index (κ2) is 5.17. The third-order valence-corrected chi connectivity index (χ3v) is 2.05. The zero-order valence-corrected chi connectivity index (χ0v) is 8.40. The van der Waals surface area contributed by atoms with Gasteiger partial charge in [0.25, 0.3) is 0 Å². The number of rotatable bonds is 4. The predicted molar refractivity (Wildman–Crippen MR) is 63.9 cm³/mol. The molecule has 0 aromatic heterocycles. The van der Waals surface area contributed by atoms with E-state index >= 15 is 0 Å². The molecule has 4 N–H and O–H groups in total. The first-order valence-electron chi connectivity index (χ1n) is 4.61. The highest BCUT2D eigenvalue weighted by Crippen LogP contribution is 2.08. The van der Waals surface area contributed by atoms with Crippen molar-refractivity contribution in [3.05, 3.63) is 36.6 Å². The van der Waals surface area contributed by atoms with Gasteiger partial charge in [0.1, 0.15) is 0 Å². The average molecular weight is 202 g/mol. The van der Waals surface area contributed by atoms with Crippen LogP contribution in [0.4, 0.5) is 0 Å². The Hall–Kier alpha value is -1.81. The summed E-state index contributed by atoms with van der Waals surface area (Å²) in [5.41, 5.74) is 6.88. The van der Waals surface area contributed by atoms with Gasteiger partial charge in [0.2, 0.25) is 0 Å².